The summed E-state index contributed by atoms with van der Waals surface area (Å²) in [4.78, 5) is 34.3. The fourth-order valence-corrected chi connectivity index (χ4v) is 3.18. The molecule has 28 heavy (non-hydrogen) atoms. The van der Waals surface area contributed by atoms with E-state index in [1.807, 2.05) is 19.1 Å². The van der Waals surface area contributed by atoms with Crippen molar-refractivity contribution < 1.29 is 9.36 Å². The van der Waals surface area contributed by atoms with Gasteiger partial charge in [0, 0.05) is 25.1 Å². The molecular weight excluding hydrogens is 356 g/mol. The number of rotatable bonds is 4. The maximum Gasteiger partial charge on any atom is 0.278 e. The smallest absolute Gasteiger partial charge is 0.278 e. The normalized spacial score (nSPS) is 11.0. The van der Waals surface area contributed by atoms with E-state index in [-0.39, 0.29) is 22.8 Å². The summed E-state index contributed by atoms with van der Waals surface area (Å²) in [6.45, 7) is 2.67. The van der Waals surface area contributed by atoms with Crippen LogP contribution in [0.1, 0.15) is 22.8 Å². The lowest BCUT2D eigenvalue weighted by Gasteiger charge is -2.11. The summed E-state index contributed by atoms with van der Waals surface area (Å²) in [7, 11) is 0. The van der Waals surface area contributed by atoms with E-state index in [0.29, 0.717) is 29.8 Å². The van der Waals surface area contributed by atoms with Gasteiger partial charge in [-0.15, -0.1) is 0 Å². The van der Waals surface area contributed by atoms with Crippen molar-refractivity contribution in [2.45, 2.75) is 20.0 Å². The number of hydrogen-bond donors (Lipinski definition) is 2. The summed E-state index contributed by atoms with van der Waals surface area (Å²) in [5, 5.41) is 3.17. The summed E-state index contributed by atoms with van der Waals surface area (Å²) < 4.78 is 3.14. The van der Waals surface area contributed by atoms with Crippen molar-refractivity contribution >= 4 is 28.4 Å². The molecule has 0 saturated carbocycles. The molecule has 140 valence electrons. The fraction of sp³-hybridized carbons (Fsp3) is 0.150. The number of fused-ring (bicyclic) bond motifs is 2. The van der Waals surface area contributed by atoms with Crippen molar-refractivity contribution in [1.82, 2.24) is 19.7 Å². The van der Waals surface area contributed by atoms with E-state index in [2.05, 4.69) is 15.3 Å². The van der Waals surface area contributed by atoms with E-state index in [4.69, 9.17) is 5.73 Å². The molecule has 1 amide bonds. The zero-order valence-electron chi connectivity index (χ0n) is 15.3. The van der Waals surface area contributed by atoms with E-state index in [1.54, 1.807) is 41.4 Å². The van der Waals surface area contributed by atoms with Crippen LogP contribution in [0.25, 0.3) is 16.7 Å². The SMILES string of the molecule is CC[n+]1c(N)c(C(=O)NCc2cccnc2)cc2c(=O)n3ccccc3nc21. The van der Waals surface area contributed by atoms with Crippen LogP contribution in [0.3, 0.4) is 0 Å². The number of carbonyl (C=O) groups excluding carboxylic acids is 1. The minimum atomic E-state index is -0.358. The second-order valence-electron chi connectivity index (χ2n) is 6.31. The Bertz CT molecular complexity index is 1250. The third-order valence-electron chi connectivity index (χ3n) is 4.60. The monoisotopic (exact) mass is 375 g/mol. The van der Waals surface area contributed by atoms with Gasteiger partial charge < -0.3 is 11.1 Å². The van der Waals surface area contributed by atoms with Crippen LogP contribution in [-0.2, 0) is 13.1 Å². The highest BCUT2D eigenvalue weighted by Crippen LogP contribution is 2.14. The van der Waals surface area contributed by atoms with Crippen molar-refractivity contribution in [3.8, 4) is 0 Å². The molecule has 8 nitrogen and oxygen atoms in total. The molecule has 0 atom stereocenters. The number of pyridine rings is 3. The molecule has 4 aromatic rings. The van der Waals surface area contributed by atoms with Gasteiger partial charge in [-0.2, -0.15) is 0 Å². The van der Waals surface area contributed by atoms with Crippen LogP contribution in [0.15, 0.2) is 59.8 Å². The fourth-order valence-electron chi connectivity index (χ4n) is 3.18. The molecule has 0 unspecified atom stereocenters. The Morgan fingerprint density at radius 2 is 2.14 bits per heavy atom. The molecule has 0 spiro atoms. The Labute approximate surface area is 160 Å². The lowest BCUT2D eigenvalue weighted by Crippen LogP contribution is -2.42. The molecule has 0 aromatic carbocycles. The van der Waals surface area contributed by atoms with Gasteiger partial charge in [-0.3, -0.25) is 19.0 Å². The predicted molar refractivity (Wildman–Crippen MR) is 105 cm³/mol. The summed E-state index contributed by atoms with van der Waals surface area (Å²) in [6.07, 6.45) is 5.00. The largest absolute Gasteiger partial charge is 0.348 e. The van der Waals surface area contributed by atoms with Gasteiger partial charge in [0.15, 0.2) is 0 Å². The van der Waals surface area contributed by atoms with Crippen LogP contribution >= 0.6 is 0 Å². The average Bonchev–Trinajstić information content (AvgIpc) is 2.73. The van der Waals surface area contributed by atoms with Crippen LogP contribution in [0.5, 0.6) is 0 Å². The zero-order chi connectivity index (χ0) is 19.7. The van der Waals surface area contributed by atoms with Gasteiger partial charge in [0.25, 0.3) is 17.1 Å². The number of hydrogen-bond acceptors (Lipinski definition) is 5. The highest BCUT2D eigenvalue weighted by molar-refractivity contribution is 6.00. The Hall–Kier alpha value is -3.81. The molecule has 4 heterocycles. The maximum atomic E-state index is 13.0. The number of nitrogens with one attached hydrogen (secondary N) is 1. The van der Waals surface area contributed by atoms with Crippen LogP contribution in [-0.4, -0.2) is 20.3 Å². The average molecular weight is 375 g/mol. The third-order valence-corrected chi connectivity index (χ3v) is 4.60. The Kier molecular flexibility index (Phi) is 4.44. The van der Waals surface area contributed by atoms with Crippen LogP contribution in [0.2, 0.25) is 0 Å². The van der Waals surface area contributed by atoms with E-state index < -0.39 is 0 Å². The van der Waals surface area contributed by atoms with Gasteiger partial charge in [-0.1, -0.05) is 17.1 Å². The first-order valence-corrected chi connectivity index (χ1v) is 8.90. The zero-order valence-corrected chi connectivity index (χ0v) is 15.3. The van der Waals surface area contributed by atoms with Crippen LogP contribution < -0.4 is 21.2 Å². The van der Waals surface area contributed by atoms with Crippen molar-refractivity contribution in [3.63, 3.8) is 0 Å². The van der Waals surface area contributed by atoms with E-state index in [0.717, 1.165) is 5.56 Å². The topological polar surface area (TPSA) is 106 Å². The highest BCUT2D eigenvalue weighted by Gasteiger charge is 2.23. The minimum Gasteiger partial charge on any atom is -0.348 e. The van der Waals surface area contributed by atoms with Crippen molar-refractivity contribution in [2.24, 2.45) is 0 Å². The molecule has 0 radical (unpaired) electrons. The second-order valence-corrected chi connectivity index (χ2v) is 6.31. The molecule has 8 heteroatoms. The lowest BCUT2D eigenvalue weighted by atomic mass is 10.1. The first-order chi connectivity index (χ1) is 13.6. The van der Waals surface area contributed by atoms with Gasteiger partial charge in [0.05, 0.1) is 6.54 Å². The number of carbonyl (C=O) groups is 1. The second kappa shape index (κ2) is 7.07. The molecule has 4 rings (SSSR count). The molecular formula is C20H19N6O2+. The molecule has 4 aromatic heterocycles. The Morgan fingerprint density at radius 3 is 2.89 bits per heavy atom. The maximum absolute atomic E-state index is 13.0. The first-order valence-electron chi connectivity index (χ1n) is 8.90. The number of nitrogen functional groups attached to an aromatic ring is 1. The van der Waals surface area contributed by atoms with Gasteiger partial charge in [0.2, 0.25) is 11.5 Å². The molecule has 0 saturated heterocycles. The summed E-state index contributed by atoms with van der Waals surface area (Å²) in [5.74, 6) is -0.0890. The summed E-state index contributed by atoms with van der Waals surface area (Å²) >= 11 is 0. The molecule has 0 fully saturated rings. The standard InChI is InChI=1S/C20H18N6O2/c1-2-25-17(21)14(19(27)23-12-13-6-5-8-22-11-13)10-15-18(25)24-16-7-3-4-9-26(16)20(15)28/h3-11,21H,2,12H2,1H3,(H,23,27)/p+1. The molecule has 3 N–H and O–H groups in total. The van der Waals surface area contributed by atoms with Gasteiger partial charge >= 0.3 is 0 Å². The van der Waals surface area contributed by atoms with Crippen LogP contribution in [0.4, 0.5) is 5.82 Å². The number of aryl methyl sites for hydroxylation is 1. The number of nitrogens with zero attached hydrogens (tertiary/aromatic N) is 4. The van der Waals surface area contributed by atoms with Crippen molar-refractivity contribution in [1.29, 1.82) is 0 Å². The third kappa shape index (κ3) is 2.94. The number of aromatic nitrogens is 4. The van der Waals surface area contributed by atoms with Crippen LogP contribution in [0, 0.1) is 0 Å². The van der Waals surface area contributed by atoms with E-state index >= 15 is 0 Å². The van der Waals surface area contributed by atoms with Gasteiger partial charge in [0.1, 0.15) is 10.9 Å². The molecule has 0 aliphatic rings. The molecule has 0 aliphatic carbocycles. The Morgan fingerprint density at radius 1 is 1.29 bits per heavy atom. The minimum absolute atomic E-state index is 0.244. The Balaban J connectivity index is 1.83. The van der Waals surface area contributed by atoms with Gasteiger partial charge in [-0.05, 0) is 36.8 Å². The number of amides is 1. The molecule has 0 bridgehead atoms. The van der Waals surface area contributed by atoms with E-state index in [1.165, 1.54) is 10.5 Å². The quantitative estimate of drug-likeness (QED) is 0.410. The van der Waals surface area contributed by atoms with Crippen molar-refractivity contribution in [3.05, 3.63) is 76.5 Å². The molecule has 0 aliphatic heterocycles. The highest BCUT2D eigenvalue weighted by atomic mass is 16.1. The number of anilines is 1. The predicted octanol–water partition coefficient (Wildman–Crippen LogP) is 1.06. The first kappa shape index (κ1) is 17.6. The summed E-state index contributed by atoms with van der Waals surface area (Å²) in [5.41, 5.74) is 8.11. The lowest BCUT2D eigenvalue weighted by molar-refractivity contribution is -0.655. The van der Waals surface area contributed by atoms with Gasteiger partial charge in [-0.25, -0.2) is 4.57 Å². The van der Waals surface area contributed by atoms with Crippen molar-refractivity contribution in [2.75, 3.05) is 5.73 Å². The number of nitrogens with two attached hydrogens (primary N) is 1. The summed E-state index contributed by atoms with van der Waals surface area (Å²) in [6, 6.07) is 10.5. The van der Waals surface area contributed by atoms with E-state index in [9.17, 15) is 9.59 Å².